The molecule has 1 unspecified atom stereocenters. The van der Waals surface area contributed by atoms with Crippen LogP contribution >= 0.6 is 0 Å². The van der Waals surface area contributed by atoms with Crippen molar-refractivity contribution in [1.82, 2.24) is 19.8 Å². The summed E-state index contributed by atoms with van der Waals surface area (Å²) in [6, 6.07) is 7.37. The summed E-state index contributed by atoms with van der Waals surface area (Å²) >= 11 is 0. The summed E-state index contributed by atoms with van der Waals surface area (Å²) < 4.78 is 5.05. The molecule has 2 aromatic rings. The van der Waals surface area contributed by atoms with Gasteiger partial charge in [-0.15, -0.1) is 0 Å². The minimum Gasteiger partial charge on any atom is -0.447 e. The molecule has 2 aliphatic heterocycles. The first-order valence-corrected chi connectivity index (χ1v) is 7.55. The van der Waals surface area contributed by atoms with Crippen LogP contribution in [0.1, 0.15) is 10.4 Å². The Hall–Kier alpha value is -2.83. The highest BCUT2D eigenvalue weighted by Crippen LogP contribution is 2.24. The van der Waals surface area contributed by atoms with Crippen LogP contribution in [0, 0.1) is 0 Å². The highest BCUT2D eigenvalue weighted by Gasteiger charge is 2.39. The third-order valence-electron chi connectivity index (χ3n) is 4.31. The van der Waals surface area contributed by atoms with E-state index in [2.05, 4.69) is 9.97 Å². The Morgan fingerprint density at radius 2 is 2.17 bits per heavy atom. The van der Waals surface area contributed by atoms with Gasteiger partial charge in [0, 0.05) is 37.6 Å². The molecule has 118 valence electrons. The summed E-state index contributed by atoms with van der Waals surface area (Å²) in [5, 5.41) is 0. The van der Waals surface area contributed by atoms with Gasteiger partial charge in [-0.25, -0.2) is 9.78 Å². The van der Waals surface area contributed by atoms with Crippen molar-refractivity contribution in [3.8, 4) is 11.4 Å². The van der Waals surface area contributed by atoms with E-state index >= 15 is 0 Å². The van der Waals surface area contributed by atoms with Crippen LogP contribution in [-0.4, -0.2) is 64.1 Å². The molecule has 2 saturated heterocycles. The second-order valence-electron chi connectivity index (χ2n) is 5.66. The van der Waals surface area contributed by atoms with Crippen LogP contribution < -0.4 is 0 Å². The van der Waals surface area contributed by atoms with Gasteiger partial charge in [0.05, 0.1) is 11.6 Å². The van der Waals surface area contributed by atoms with Gasteiger partial charge in [-0.05, 0) is 6.07 Å². The van der Waals surface area contributed by atoms with E-state index in [1.54, 1.807) is 22.2 Å². The number of ether oxygens (including phenoxy) is 1. The third kappa shape index (κ3) is 2.34. The van der Waals surface area contributed by atoms with E-state index in [1.165, 1.54) is 0 Å². The molecule has 2 fully saturated rings. The number of H-pyrrole nitrogens is 1. The number of amides is 2. The number of fused-ring (bicyclic) bond motifs is 1. The first kappa shape index (κ1) is 13.8. The Labute approximate surface area is 132 Å². The maximum Gasteiger partial charge on any atom is 0.410 e. The predicted molar refractivity (Wildman–Crippen MR) is 81.8 cm³/mol. The van der Waals surface area contributed by atoms with Gasteiger partial charge >= 0.3 is 6.09 Å². The molecule has 2 amide bonds. The Morgan fingerprint density at radius 1 is 1.30 bits per heavy atom. The number of nitrogens with zero attached hydrogens (tertiary/aromatic N) is 3. The molecule has 1 N–H and O–H groups in total. The van der Waals surface area contributed by atoms with Gasteiger partial charge in [0.1, 0.15) is 12.4 Å². The summed E-state index contributed by atoms with van der Waals surface area (Å²) in [5.74, 6) is 0.628. The number of imidazole rings is 1. The standard InChI is InChI=1S/C16H16N4O3/c21-15(19-7-8-20-11(9-19)10-23-16(20)22)13-4-2-1-3-12(13)14-17-5-6-18-14/h1-6,11H,7-10H2,(H,17,18). The molecular formula is C16H16N4O3. The van der Waals surface area contributed by atoms with Crippen LogP contribution in [0.15, 0.2) is 36.7 Å². The number of piperazine rings is 1. The maximum absolute atomic E-state index is 12.9. The Balaban J connectivity index is 1.60. The summed E-state index contributed by atoms with van der Waals surface area (Å²) in [7, 11) is 0. The summed E-state index contributed by atoms with van der Waals surface area (Å²) in [4.78, 5) is 35.2. The number of carbonyl (C=O) groups excluding carboxylic acids is 2. The first-order valence-electron chi connectivity index (χ1n) is 7.55. The summed E-state index contributed by atoms with van der Waals surface area (Å²) in [6.45, 7) is 1.87. The number of carbonyl (C=O) groups is 2. The van der Waals surface area contributed by atoms with Crippen LogP contribution in [0.3, 0.4) is 0 Å². The van der Waals surface area contributed by atoms with E-state index in [0.717, 1.165) is 5.56 Å². The molecule has 1 aromatic carbocycles. The Kier molecular flexibility index (Phi) is 3.25. The number of hydrogen-bond donors (Lipinski definition) is 1. The average Bonchev–Trinajstić information content (AvgIpc) is 3.24. The molecule has 0 saturated carbocycles. The number of cyclic esters (lactones) is 1. The van der Waals surface area contributed by atoms with Gasteiger partial charge < -0.3 is 14.6 Å². The van der Waals surface area contributed by atoms with Gasteiger partial charge in [0.15, 0.2) is 0 Å². The van der Waals surface area contributed by atoms with E-state index in [1.807, 2.05) is 24.3 Å². The van der Waals surface area contributed by atoms with E-state index < -0.39 is 0 Å². The molecular weight excluding hydrogens is 296 g/mol. The van der Waals surface area contributed by atoms with Crippen LogP contribution in [0.25, 0.3) is 11.4 Å². The fraction of sp³-hybridized carbons (Fsp3) is 0.312. The zero-order chi connectivity index (χ0) is 15.8. The van der Waals surface area contributed by atoms with Crippen LogP contribution in [0.5, 0.6) is 0 Å². The molecule has 0 aliphatic carbocycles. The molecule has 3 heterocycles. The highest BCUT2D eigenvalue weighted by molar-refractivity contribution is 6.00. The number of aromatic nitrogens is 2. The quantitative estimate of drug-likeness (QED) is 0.908. The van der Waals surface area contributed by atoms with Gasteiger partial charge in [-0.1, -0.05) is 18.2 Å². The first-order chi connectivity index (χ1) is 11.2. The molecule has 0 radical (unpaired) electrons. The smallest absolute Gasteiger partial charge is 0.410 e. The number of nitrogens with one attached hydrogen (secondary N) is 1. The number of aromatic amines is 1. The minimum atomic E-state index is -0.280. The van der Waals surface area contributed by atoms with Crippen molar-refractivity contribution in [2.75, 3.05) is 26.2 Å². The molecule has 23 heavy (non-hydrogen) atoms. The summed E-state index contributed by atoms with van der Waals surface area (Å²) in [5.41, 5.74) is 1.39. The van der Waals surface area contributed by atoms with Crippen molar-refractivity contribution in [2.45, 2.75) is 6.04 Å². The lowest BCUT2D eigenvalue weighted by Gasteiger charge is -2.35. The van der Waals surface area contributed by atoms with Crippen molar-refractivity contribution in [2.24, 2.45) is 0 Å². The van der Waals surface area contributed by atoms with Crippen LogP contribution in [-0.2, 0) is 4.74 Å². The topological polar surface area (TPSA) is 78.5 Å². The molecule has 1 atom stereocenters. The van der Waals surface area contributed by atoms with Gasteiger partial charge in [0.2, 0.25) is 0 Å². The molecule has 4 rings (SSSR count). The normalized spacial score (nSPS) is 20.3. The van der Waals surface area contributed by atoms with Gasteiger partial charge in [0.25, 0.3) is 5.91 Å². The largest absolute Gasteiger partial charge is 0.447 e. The molecule has 7 nitrogen and oxygen atoms in total. The zero-order valence-electron chi connectivity index (χ0n) is 12.4. The third-order valence-corrected chi connectivity index (χ3v) is 4.31. The lowest BCUT2D eigenvalue weighted by atomic mass is 10.0. The second kappa shape index (κ2) is 5.42. The van der Waals surface area contributed by atoms with Crippen molar-refractivity contribution in [3.63, 3.8) is 0 Å². The van der Waals surface area contributed by atoms with E-state index in [0.29, 0.717) is 37.6 Å². The molecule has 1 aromatic heterocycles. The van der Waals surface area contributed by atoms with Crippen molar-refractivity contribution in [1.29, 1.82) is 0 Å². The number of hydrogen-bond acceptors (Lipinski definition) is 4. The second-order valence-corrected chi connectivity index (χ2v) is 5.66. The summed E-state index contributed by atoms with van der Waals surface area (Å²) in [6.07, 6.45) is 3.12. The van der Waals surface area contributed by atoms with E-state index in [4.69, 9.17) is 4.74 Å². The van der Waals surface area contributed by atoms with Crippen molar-refractivity contribution >= 4 is 12.0 Å². The number of rotatable bonds is 2. The van der Waals surface area contributed by atoms with Gasteiger partial charge in [-0.2, -0.15) is 0 Å². The molecule has 7 heteroatoms. The number of benzene rings is 1. The van der Waals surface area contributed by atoms with Gasteiger partial charge in [-0.3, -0.25) is 9.69 Å². The molecule has 0 spiro atoms. The molecule has 0 bridgehead atoms. The van der Waals surface area contributed by atoms with E-state index in [-0.39, 0.29) is 18.0 Å². The monoisotopic (exact) mass is 312 g/mol. The lowest BCUT2D eigenvalue weighted by molar-refractivity contribution is 0.0617. The molecule has 2 aliphatic rings. The SMILES string of the molecule is O=C(c1ccccc1-c1ncc[nH]1)N1CCN2C(=O)OCC2C1. The van der Waals surface area contributed by atoms with Crippen molar-refractivity contribution < 1.29 is 14.3 Å². The lowest BCUT2D eigenvalue weighted by Crippen LogP contribution is -2.53. The Bertz CT molecular complexity index is 744. The van der Waals surface area contributed by atoms with Crippen LogP contribution in [0.4, 0.5) is 4.79 Å². The fourth-order valence-corrected chi connectivity index (χ4v) is 3.13. The fourth-order valence-electron chi connectivity index (χ4n) is 3.13. The highest BCUT2D eigenvalue weighted by atomic mass is 16.6. The van der Waals surface area contributed by atoms with E-state index in [9.17, 15) is 9.59 Å². The maximum atomic E-state index is 12.9. The van der Waals surface area contributed by atoms with Crippen LogP contribution in [0.2, 0.25) is 0 Å². The zero-order valence-corrected chi connectivity index (χ0v) is 12.4. The van der Waals surface area contributed by atoms with Crippen molar-refractivity contribution in [3.05, 3.63) is 42.2 Å². The minimum absolute atomic E-state index is 0.0454. The predicted octanol–water partition coefficient (Wildman–Crippen LogP) is 1.35. The Morgan fingerprint density at radius 3 is 3.00 bits per heavy atom. The average molecular weight is 312 g/mol.